The van der Waals surface area contributed by atoms with Crippen LogP contribution >= 0.6 is 11.3 Å². The molecule has 5 nitrogen and oxygen atoms in total. The Hall–Kier alpha value is -1.37. The Morgan fingerprint density at radius 2 is 2.24 bits per heavy atom. The Labute approximate surface area is 128 Å². The molecule has 0 aliphatic carbocycles. The number of benzene rings is 1. The zero-order chi connectivity index (χ0) is 14.5. The number of hydrogen-bond donors (Lipinski definition) is 1. The minimum Gasteiger partial charge on any atom is -0.497 e. The van der Waals surface area contributed by atoms with Crippen LogP contribution in [-0.4, -0.2) is 56.4 Å². The molecule has 1 aromatic heterocycles. The van der Waals surface area contributed by atoms with E-state index in [1.54, 1.807) is 18.4 Å². The van der Waals surface area contributed by atoms with Crippen molar-refractivity contribution >= 4 is 26.7 Å². The number of ether oxygens (including phenoxy) is 2. The summed E-state index contributed by atoms with van der Waals surface area (Å²) in [4.78, 5) is 7.04. The minimum absolute atomic E-state index is 0.868. The molecule has 1 aliphatic heterocycles. The fourth-order valence-electron chi connectivity index (χ4n) is 2.43. The van der Waals surface area contributed by atoms with Gasteiger partial charge in [-0.2, -0.15) is 0 Å². The summed E-state index contributed by atoms with van der Waals surface area (Å²) in [5, 5.41) is 4.41. The van der Waals surface area contributed by atoms with Crippen molar-refractivity contribution in [3.8, 4) is 5.75 Å². The quantitative estimate of drug-likeness (QED) is 0.831. The lowest BCUT2D eigenvalue weighted by molar-refractivity contribution is 0.0378. The second kappa shape index (κ2) is 7.06. The van der Waals surface area contributed by atoms with Gasteiger partial charge in [-0.25, -0.2) is 4.98 Å². The second-order valence-electron chi connectivity index (χ2n) is 5.09. The van der Waals surface area contributed by atoms with Crippen molar-refractivity contribution < 1.29 is 9.47 Å². The van der Waals surface area contributed by atoms with Gasteiger partial charge in [0, 0.05) is 19.6 Å². The molecule has 1 N–H and O–H groups in total. The smallest absolute Gasteiger partial charge is 0.183 e. The molecule has 1 fully saturated rings. The Morgan fingerprint density at radius 3 is 3.05 bits per heavy atom. The number of methoxy groups -OCH3 is 1. The molecule has 1 aliphatic rings. The van der Waals surface area contributed by atoms with Crippen molar-refractivity contribution in [1.82, 2.24) is 9.88 Å². The van der Waals surface area contributed by atoms with Crippen molar-refractivity contribution in [2.45, 2.75) is 6.42 Å². The Morgan fingerprint density at radius 1 is 1.38 bits per heavy atom. The summed E-state index contributed by atoms with van der Waals surface area (Å²) in [7, 11) is 1.69. The predicted molar refractivity (Wildman–Crippen MR) is 86.5 cm³/mol. The summed E-state index contributed by atoms with van der Waals surface area (Å²) in [6, 6.07) is 5.99. The molecule has 1 saturated heterocycles. The standard InChI is InChI=1S/C15H21N3O2S/c1-19-12-3-4-13-14(11-12)21-15(17-13)16-5-2-6-18-7-9-20-10-8-18/h3-4,11H,2,5-10H2,1H3,(H,16,17). The summed E-state index contributed by atoms with van der Waals surface area (Å²) >= 11 is 1.68. The number of aromatic nitrogens is 1. The van der Waals surface area contributed by atoms with Gasteiger partial charge in [0.05, 0.1) is 30.5 Å². The average Bonchev–Trinajstić information content (AvgIpc) is 2.94. The first-order valence-corrected chi connectivity index (χ1v) is 8.15. The second-order valence-corrected chi connectivity index (χ2v) is 6.12. The van der Waals surface area contributed by atoms with Gasteiger partial charge >= 0.3 is 0 Å². The maximum atomic E-state index is 5.35. The van der Waals surface area contributed by atoms with E-state index in [0.29, 0.717) is 0 Å². The molecule has 114 valence electrons. The van der Waals surface area contributed by atoms with Gasteiger partial charge in [-0.15, -0.1) is 0 Å². The summed E-state index contributed by atoms with van der Waals surface area (Å²) in [5.41, 5.74) is 1.02. The predicted octanol–water partition coefficient (Wildman–Crippen LogP) is 2.44. The number of morpholine rings is 1. The van der Waals surface area contributed by atoms with Crippen LogP contribution in [0.4, 0.5) is 5.13 Å². The van der Waals surface area contributed by atoms with E-state index >= 15 is 0 Å². The molecule has 2 aromatic rings. The number of rotatable bonds is 6. The van der Waals surface area contributed by atoms with Gasteiger partial charge in [0.25, 0.3) is 0 Å². The highest BCUT2D eigenvalue weighted by Gasteiger charge is 2.09. The lowest BCUT2D eigenvalue weighted by Gasteiger charge is -2.26. The third-order valence-corrected chi connectivity index (χ3v) is 4.60. The van der Waals surface area contributed by atoms with E-state index in [0.717, 1.165) is 66.9 Å². The third-order valence-electron chi connectivity index (χ3n) is 3.63. The zero-order valence-corrected chi connectivity index (χ0v) is 13.1. The summed E-state index contributed by atoms with van der Waals surface area (Å²) < 4.78 is 11.7. The Bertz CT molecular complexity index is 581. The molecule has 0 atom stereocenters. The topological polar surface area (TPSA) is 46.6 Å². The van der Waals surface area contributed by atoms with Crippen LogP contribution in [0.1, 0.15) is 6.42 Å². The van der Waals surface area contributed by atoms with E-state index in [4.69, 9.17) is 9.47 Å². The molecular weight excluding hydrogens is 286 g/mol. The molecule has 0 radical (unpaired) electrons. The third kappa shape index (κ3) is 3.84. The lowest BCUT2D eigenvalue weighted by atomic mass is 10.3. The molecule has 0 spiro atoms. The van der Waals surface area contributed by atoms with E-state index in [-0.39, 0.29) is 0 Å². The van der Waals surface area contributed by atoms with Crippen molar-refractivity contribution in [3.05, 3.63) is 18.2 Å². The Kier molecular flexibility index (Phi) is 4.90. The highest BCUT2D eigenvalue weighted by molar-refractivity contribution is 7.22. The fourth-order valence-corrected chi connectivity index (χ4v) is 3.35. The van der Waals surface area contributed by atoms with Gasteiger partial charge in [0.2, 0.25) is 0 Å². The molecule has 0 bridgehead atoms. The number of fused-ring (bicyclic) bond motifs is 1. The van der Waals surface area contributed by atoms with E-state index in [1.165, 1.54) is 0 Å². The fraction of sp³-hybridized carbons (Fsp3) is 0.533. The molecular formula is C15H21N3O2S. The summed E-state index contributed by atoms with van der Waals surface area (Å²) in [6.45, 7) is 5.92. The van der Waals surface area contributed by atoms with Crippen LogP contribution in [0, 0.1) is 0 Å². The van der Waals surface area contributed by atoms with Gasteiger partial charge in [0.15, 0.2) is 5.13 Å². The average molecular weight is 307 g/mol. The monoisotopic (exact) mass is 307 g/mol. The van der Waals surface area contributed by atoms with Gasteiger partial charge < -0.3 is 14.8 Å². The van der Waals surface area contributed by atoms with E-state index in [2.05, 4.69) is 15.2 Å². The van der Waals surface area contributed by atoms with Crippen molar-refractivity contribution in [2.75, 3.05) is 51.8 Å². The van der Waals surface area contributed by atoms with E-state index in [1.807, 2.05) is 18.2 Å². The molecule has 0 unspecified atom stereocenters. The largest absolute Gasteiger partial charge is 0.497 e. The number of nitrogens with one attached hydrogen (secondary N) is 1. The molecule has 0 saturated carbocycles. The van der Waals surface area contributed by atoms with Gasteiger partial charge in [-0.05, 0) is 31.2 Å². The van der Waals surface area contributed by atoms with Gasteiger partial charge in [0.1, 0.15) is 5.75 Å². The van der Waals surface area contributed by atoms with Crippen LogP contribution in [0.2, 0.25) is 0 Å². The Balaban J connectivity index is 1.48. The normalized spacial score (nSPS) is 16.2. The first-order chi connectivity index (χ1) is 10.3. The molecule has 3 rings (SSSR count). The molecule has 1 aromatic carbocycles. The van der Waals surface area contributed by atoms with Crippen LogP contribution in [0.15, 0.2) is 18.2 Å². The van der Waals surface area contributed by atoms with Gasteiger partial charge in [-0.3, -0.25) is 4.90 Å². The highest BCUT2D eigenvalue weighted by atomic mass is 32.1. The molecule has 6 heteroatoms. The maximum Gasteiger partial charge on any atom is 0.183 e. The van der Waals surface area contributed by atoms with E-state index < -0.39 is 0 Å². The molecule has 21 heavy (non-hydrogen) atoms. The van der Waals surface area contributed by atoms with Crippen LogP contribution in [0.5, 0.6) is 5.75 Å². The van der Waals surface area contributed by atoms with Crippen molar-refractivity contribution in [1.29, 1.82) is 0 Å². The highest BCUT2D eigenvalue weighted by Crippen LogP contribution is 2.28. The van der Waals surface area contributed by atoms with Crippen LogP contribution in [0.25, 0.3) is 10.2 Å². The SMILES string of the molecule is COc1ccc2nc(NCCCN3CCOCC3)sc2c1. The summed E-state index contributed by atoms with van der Waals surface area (Å²) in [5.74, 6) is 0.880. The minimum atomic E-state index is 0.868. The van der Waals surface area contributed by atoms with E-state index in [9.17, 15) is 0 Å². The summed E-state index contributed by atoms with van der Waals surface area (Å²) in [6.07, 6.45) is 1.12. The van der Waals surface area contributed by atoms with Crippen LogP contribution in [-0.2, 0) is 4.74 Å². The zero-order valence-electron chi connectivity index (χ0n) is 12.3. The molecule has 2 heterocycles. The first kappa shape index (κ1) is 14.6. The number of anilines is 1. The number of thiazole rings is 1. The van der Waals surface area contributed by atoms with Crippen LogP contribution in [0.3, 0.4) is 0 Å². The lowest BCUT2D eigenvalue weighted by Crippen LogP contribution is -2.37. The number of hydrogen-bond acceptors (Lipinski definition) is 6. The first-order valence-electron chi connectivity index (χ1n) is 7.34. The van der Waals surface area contributed by atoms with Crippen molar-refractivity contribution in [2.24, 2.45) is 0 Å². The number of nitrogens with zero attached hydrogens (tertiary/aromatic N) is 2. The maximum absolute atomic E-state index is 5.35. The van der Waals surface area contributed by atoms with Crippen molar-refractivity contribution in [3.63, 3.8) is 0 Å². The molecule has 0 amide bonds. The van der Waals surface area contributed by atoms with Crippen LogP contribution < -0.4 is 10.1 Å². The van der Waals surface area contributed by atoms with Gasteiger partial charge in [-0.1, -0.05) is 11.3 Å².